The molecule has 4 rings (SSSR count). The van der Waals surface area contributed by atoms with Crippen molar-refractivity contribution >= 4 is 5.78 Å². The molecule has 1 saturated carbocycles. The van der Waals surface area contributed by atoms with Crippen molar-refractivity contribution in [3.8, 4) is 0 Å². The van der Waals surface area contributed by atoms with Gasteiger partial charge in [-0.3, -0.25) is 4.79 Å². The van der Waals surface area contributed by atoms with Crippen molar-refractivity contribution in [1.82, 2.24) is 0 Å². The molecule has 0 aliphatic heterocycles. The van der Waals surface area contributed by atoms with E-state index in [0.29, 0.717) is 17.1 Å². The zero-order chi connectivity index (χ0) is 21.0. The fraction of sp³-hybridized carbons (Fsp3) is 0.750. The minimum atomic E-state index is 0.183. The molecule has 0 heterocycles. The zero-order valence-electron chi connectivity index (χ0n) is 19.7. The molecule has 1 nitrogen and oxygen atoms in total. The predicted molar refractivity (Wildman–Crippen MR) is 123 cm³/mol. The first kappa shape index (κ1) is 21.1. The Morgan fingerprint density at radius 1 is 0.966 bits per heavy atom. The van der Waals surface area contributed by atoms with E-state index in [-0.39, 0.29) is 5.41 Å². The summed E-state index contributed by atoms with van der Waals surface area (Å²) in [6.07, 6.45) is 16.5. The maximum absolute atomic E-state index is 12.0. The minimum absolute atomic E-state index is 0.183. The normalized spacial score (nSPS) is 38.4. The lowest BCUT2D eigenvalue weighted by Crippen LogP contribution is -2.41. The van der Waals surface area contributed by atoms with Gasteiger partial charge < -0.3 is 0 Å². The van der Waals surface area contributed by atoms with Crippen LogP contribution in [0.1, 0.15) is 92.9 Å². The molecule has 1 fully saturated rings. The second-order valence-corrected chi connectivity index (χ2v) is 11.7. The van der Waals surface area contributed by atoms with Crippen molar-refractivity contribution in [2.24, 2.45) is 40.4 Å². The van der Waals surface area contributed by atoms with E-state index in [1.165, 1.54) is 44.1 Å². The van der Waals surface area contributed by atoms with Gasteiger partial charge in [-0.2, -0.15) is 0 Å². The van der Waals surface area contributed by atoms with Gasteiger partial charge in [0, 0.05) is 6.42 Å². The van der Waals surface area contributed by atoms with Crippen LogP contribution in [0.2, 0.25) is 0 Å². The number of rotatable bonds is 5. The molecule has 0 radical (unpaired) electrons. The van der Waals surface area contributed by atoms with Crippen molar-refractivity contribution < 1.29 is 4.79 Å². The van der Waals surface area contributed by atoms with Crippen molar-refractivity contribution in [1.29, 1.82) is 0 Å². The molecule has 0 spiro atoms. The molecule has 29 heavy (non-hydrogen) atoms. The molecule has 4 aliphatic carbocycles. The SMILES string of the molecule is CC(C)C(C)CC[C@@H](C)C1CCC2=C3C=CC4=CC(=O)CCC4(C)C3CCC21C. The Hall–Kier alpha value is -1.11. The van der Waals surface area contributed by atoms with E-state index in [1.807, 2.05) is 6.08 Å². The summed E-state index contributed by atoms with van der Waals surface area (Å²) in [6, 6.07) is 0. The van der Waals surface area contributed by atoms with Gasteiger partial charge in [-0.15, -0.1) is 0 Å². The average Bonchev–Trinajstić information content (AvgIpc) is 3.03. The van der Waals surface area contributed by atoms with Gasteiger partial charge in [0.15, 0.2) is 5.78 Å². The molecule has 0 aromatic carbocycles. The van der Waals surface area contributed by atoms with E-state index in [2.05, 4.69) is 53.7 Å². The van der Waals surface area contributed by atoms with E-state index < -0.39 is 0 Å². The summed E-state index contributed by atoms with van der Waals surface area (Å²) in [5, 5.41) is 0. The minimum Gasteiger partial charge on any atom is -0.295 e. The summed E-state index contributed by atoms with van der Waals surface area (Å²) in [5.41, 5.74) is 5.34. The number of fused-ring (bicyclic) bond motifs is 4. The summed E-state index contributed by atoms with van der Waals surface area (Å²) < 4.78 is 0. The van der Waals surface area contributed by atoms with Gasteiger partial charge in [-0.05, 0) is 89.7 Å². The van der Waals surface area contributed by atoms with Crippen LogP contribution in [0.15, 0.2) is 34.9 Å². The highest BCUT2D eigenvalue weighted by Crippen LogP contribution is 2.63. The fourth-order valence-corrected chi connectivity index (χ4v) is 7.33. The summed E-state index contributed by atoms with van der Waals surface area (Å²) in [7, 11) is 0. The number of carbonyl (C=O) groups is 1. The Bertz CT molecular complexity index is 765. The Morgan fingerprint density at radius 3 is 2.45 bits per heavy atom. The monoisotopic (exact) mass is 394 g/mol. The maximum atomic E-state index is 12.0. The summed E-state index contributed by atoms with van der Waals surface area (Å²) in [4.78, 5) is 12.0. The topological polar surface area (TPSA) is 17.1 Å². The highest BCUT2D eigenvalue weighted by Gasteiger charge is 2.53. The van der Waals surface area contributed by atoms with Crippen molar-refractivity contribution in [3.63, 3.8) is 0 Å². The molecule has 0 aromatic heterocycles. The Morgan fingerprint density at radius 2 is 1.72 bits per heavy atom. The lowest BCUT2D eigenvalue weighted by atomic mass is 9.53. The van der Waals surface area contributed by atoms with Crippen LogP contribution in [0.4, 0.5) is 0 Å². The third kappa shape index (κ3) is 3.41. The van der Waals surface area contributed by atoms with E-state index in [4.69, 9.17) is 0 Å². The molecule has 6 atom stereocenters. The lowest BCUT2D eigenvalue weighted by Gasteiger charge is -2.51. The first-order valence-corrected chi connectivity index (χ1v) is 12.3. The molecule has 0 bridgehead atoms. The van der Waals surface area contributed by atoms with Gasteiger partial charge in [-0.25, -0.2) is 0 Å². The smallest absolute Gasteiger partial charge is 0.156 e. The molecular weight excluding hydrogens is 352 g/mol. The molecule has 4 aliphatic rings. The fourth-order valence-electron chi connectivity index (χ4n) is 7.33. The van der Waals surface area contributed by atoms with E-state index in [1.54, 1.807) is 11.1 Å². The van der Waals surface area contributed by atoms with E-state index in [0.717, 1.165) is 36.5 Å². The molecule has 1 heteroatoms. The van der Waals surface area contributed by atoms with Gasteiger partial charge in [0.1, 0.15) is 0 Å². The van der Waals surface area contributed by atoms with Crippen LogP contribution in [-0.4, -0.2) is 5.78 Å². The molecule has 160 valence electrons. The number of hydrogen-bond acceptors (Lipinski definition) is 1. The number of ketones is 1. The van der Waals surface area contributed by atoms with Crippen molar-refractivity contribution in [3.05, 3.63) is 34.9 Å². The standard InChI is InChI=1S/C28H42O/c1-18(2)19(3)7-8-20(4)24-11-12-25-23-10-9-21-17-22(29)13-15-27(21,5)26(23)14-16-28(24,25)6/h9-10,17-20,24,26H,7-8,11-16H2,1-6H3/t19?,20-,24?,26?,27?,28?/m1/s1. The Kier molecular flexibility index (Phi) is 5.50. The first-order valence-electron chi connectivity index (χ1n) is 12.3. The van der Waals surface area contributed by atoms with E-state index >= 15 is 0 Å². The summed E-state index contributed by atoms with van der Waals surface area (Å²) in [6.45, 7) is 14.7. The second kappa shape index (κ2) is 7.54. The quantitative estimate of drug-likeness (QED) is 0.467. The van der Waals surface area contributed by atoms with E-state index in [9.17, 15) is 4.79 Å². The summed E-state index contributed by atoms with van der Waals surface area (Å²) >= 11 is 0. The second-order valence-electron chi connectivity index (χ2n) is 11.7. The molecule has 0 aromatic rings. The number of allylic oxidation sites excluding steroid dienone is 6. The van der Waals surface area contributed by atoms with Gasteiger partial charge in [0.25, 0.3) is 0 Å². The zero-order valence-corrected chi connectivity index (χ0v) is 19.7. The van der Waals surface area contributed by atoms with Crippen LogP contribution < -0.4 is 0 Å². The molecule has 0 amide bonds. The molecule has 0 N–H and O–H groups in total. The summed E-state index contributed by atoms with van der Waals surface area (Å²) in [5.74, 6) is 4.25. The van der Waals surface area contributed by atoms with Gasteiger partial charge >= 0.3 is 0 Å². The van der Waals surface area contributed by atoms with Gasteiger partial charge in [0.05, 0.1) is 0 Å². The Labute approximate surface area is 179 Å². The highest BCUT2D eigenvalue weighted by molar-refractivity contribution is 5.92. The van der Waals surface area contributed by atoms with Gasteiger partial charge in [0.2, 0.25) is 0 Å². The number of hydrogen-bond donors (Lipinski definition) is 0. The molecule has 5 unspecified atom stereocenters. The van der Waals surface area contributed by atoms with Crippen LogP contribution in [0.25, 0.3) is 0 Å². The third-order valence-corrected chi connectivity index (χ3v) is 9.87. The largest absolute Gasteiger partial charge is 0.295 e. The lowest BCUT2D eigenvalue weighted by molar-refractivity contribution is -0.116. The first-order chi connectivity index (χ1) is 13.7. The average molecular weight is 395 g/mol. The van der Waals surface area contributed by atoms with Crippen LogP contribution in [-0.2, 0) is 4.79 Å². The number of carbonyl (C=O) groups excluding carboxylic acids is 1. The van der Waals surface area contributed by atoms with Crippen LogP contribution in [0.3, 0.4) is 0 Å². The van der Waals surface area contributed by atoms with Crippen molar-refractivity contribution in [2.75, 3.05) is 0 Å². The molecule has 0 saturated heterocycles. The van der Waals surface area contributed by atoms with Crippen LogP contribution >= 0.6 is 0 Å². The van der Waals surface area contributed by atoms with Crippen molar-refractivity contribution in [2.45, 2.75) is 92.9 Å². The van der Waals surface area contributed by atoms with Gasteiger partial charge in [-0.1, -0.05) is 72.1 Å². The van der Waals surface area contributed by atoms with Crippen LogP contribution in [0.5, 0.6) is 0 Å². The predicted octanol–water partition coefficient (Wildman–Crippen LogP) is 7.68. The van der Waals surface area contributed by atoms with Crippen LogP contribution in [0, 0.1) is 40.4 Å². The molecular formula is C28H42O. The Balaban J connectivity index is 1.60. The third-order valence-electron chi connectivity index (χ3n) is 9.87. The maximum Gasteiger partial charge on any atom is 0.156 e. The highest BCUT2D eigenvalue weighted by atomic mass is 16.1.